The molecule has 1 heterocycles. The predicted octanol–water partition coefficient (Wildman–Crippen LogP) is 2.14. The molecule has 4 N–H and O–H groups in total. The number of aromatic nitrogens is 1. The van der Waals surface area contributed by atoms with E-state index in [0.717, 1.165) is 22.0 Å². The zero-order valence-electron chi connectivity index (χ0n) is 14.5. The SMILES string of the molecule is COC(=O)c1ccc(CNC(=O)[C@@H](N)Cc2c[nH]c3ccccc23)cc1. The number of methoxy groups -OCH3 is 1. The molecule has 1 atom stereocenters. The molecule has 0 spiro atoms. The first-order valence-corrected chi connectivity index (χ1v) is 8.34. The van der Waals surface area contributed by atoms with E-state index in [1.165, 1.54) is 7.11 Å². The zero-order valence-corrected chi connectivity index (χ0v) is 14.5. The van der Waals surface area contributed by atoms with Gasteiger partial charge in [-0.1, -0.05) is 30.3 Å². The summed E-state index contributed by atoms with van der Waals surface area (Å²) in [5.41, 5.74) is 9.46. The molecule has 26 heavy (non-hydrogen) atoms. The van der Waals surface area contributed by atoms with Crippen molar-refractivity contribution >= 4 is 22.8 Å². The van der Waals surface area contributed by atoms with Gasteiger partial charge in [0.15, 0.2) is 0 Å². The minimum Gasteiger partial charge on any atom is -0.465 e. The van der Waals surface area contributed by atoms with Crippen LogP contribution in [0.1, 0.15) is 21.5 Å². The number of hydrogen-bond acceptors (Lipinski definition) is 4. The number of carbonyl (C=O) groups excluding carboxylic acids is 2. The maximum absolute atomic E-state index is 12.3. The summed E-state index contributed by atoms with van der Waals surface area (Å²) in [5, 5.41) is 3.91. The van der Waals surface area contributed by atoms with Gasteiger partial charge in [-0.2, -0.15) is 0 Å². The number of hydrogen-bond donors (Lipinski definition) is 3. The van der Waals surface area contributed by atoms with Crippen molar-refractivity contribution in [3.63, 3.8) is 0 Å². The van der Waals surface area contributed by atoms with E-state index in [-0.39, 0.29) is 11.9 Å². The predicted molar refractivity (Wildman–Crippen MR) is 99.6 cm³/mol. The van der Waals surface area contributed by atoms with Crippen molar-refractivity contribution in [2.75, 3.05) is 7.11 Å². The third kappa shape index (κ3) is 3.92. The molecule has 0 fully saturated rings. The molecule has 0 radical (unpaired) electrons. The van der Waals surface area contributed by atoms with Gasteiger partial charge in [0.05, 0.1) is 18.7 Å². The molecule has 1 amide bonds. The minimum absolute atomic E-state index is 0.215. The number of esters is 1. The number of H-pyrrole nitrogens is 1. The summed E-state index contributed by atoms with van der Waals surface area (Å²) < 4.78 is 4.66. The third-order valence-electron chi connectivity index (χ3n) is 4.29. The third-order valence-corrected chi connectivity index (χ3v) is 4.29. The Balaban J connectivity index is 1.56. The second-order valence-electron chi connectivity index (χ2n) is 6.08. The number of ether oxygens (including phenoxy) is 1. The number of amides is 1. The molecule has 3 rings (SSSR count). The Morgan fingerprint density at radius 2 is 1.88 bits per heavy atom. The number of benzene rings is 2. The molecular weight excluding hydrogens is 330 g/mol. The summed E-state index contributed by atoms with van der Waals surface area (Å²) in [6.45, 7) is 0.349. The Bertz CT molecular complexity index is 915. The highest BCUT2D eigenvalue weighted by atomic mass is 16.5. The fourth-order valence-electron chi connectivity index (χ4n) is 2.83. The lowest BCUT2D eigenvalue weighted by molar-refractivity contribution is -0.122. The Hall–Kier alpha value is -3.12. The highest BCUT2D eigenvalue weighted by Crippen LogP contribution is 2.18. The summed E-state index contributed by atoms with van der Waals surface area (Å²) in [4.78, 5) is 26.9. The topological polar surface area (TPSA) is 97.2 Å². The van der Waals surface area contributed by atoms with E-state index in [0.29, 0.717) is 18.5 Å². The van der Waals surface area contributed by atoms with Crippen molar-refractivity contribution in [2.24, 2.45) is 5.73 Å². The van der Waals surface area contributed by atoms with E-state index in [1.807, 2.05) is 30.5 Å². The van der Waals surface area contributed by atoms with Crippen molar-refractivity contribution in [1.82, 2.24) is 10.3 Å². The van der Waals surface area contributed by atoms with E-state index in [4.69, 9.17) is 5.73 Å². The smallest absolute Gasteiger partial charge is 0.337 e. The van der Waals surface area contributed by atoms with Gasteiger partial charge in [0, 0.05) is 23.6 Å². The second-order valence-corrected chi connectivity index (χ2v) is 6.08. The van der Waals surface area contributed by atoms with Crippen LogP contribution in [0.25, 0.3) is 10.9 Å². The number of aromatic amines is 1. The summed E-state index contributed by atoms with van der Waals surface area (Å²) >= 11 is 0. The van der Waals surface area contributed by atoms with Crippen LogP contribution < -0.4 is 11.1 Å². The van der Waals surface area contributed by atoms with Gasteiger partial charge in [0.25, 0.3) is 0 Å². The molecule has 0 saturated carbocycles. The maximum atomic E-state index is 12.3. The molecule has 0 saturated heterocycles. The Morgan fingerprint density at radius 1 is 1.15 bits per heavy atom. The first-order chi connectivity index (χ1) is 12.6. The van der Waals surface area contributed by atoms with Crippen LogP contribution in [0, 0.1) is 0 Å². The zero-order chi connectivity index (χ0) is 18.5. The lowest BCUT2D eigenvalue weighted by atomic mass is 10.0. The van der Waals surface area contributed by atoms with E-state index in [2.05, 4.69) is 15.0 Å². The lowest BCUT2D eigenvalue weighted by Gasteiger charge is -2.12. The maximum Gasteiger partial charge on any atom is 0.337 e. The van der Waals surface area contributed by atoms with Crippen LogP contribution >= 0.6 is 0 Å². The molecular formula is C20H21N3O3. The van der Waals surface area contributed by atoms with E-state index < -0.39 is 6.04 Å². The monoisotopic (exact) mass is 351 g/mol. The quantitative estimate of drug-likeness (QED) is 0.593. The first-order valence-electron chi connectivity index (χ1n) is 8.34. The summed E-state index contributed by atoms with van der Waals surface area (Å²) in [6, 6.07) is 14.2. The van der Waals surface area contributed by atoms with Crippen molar-refractivity contribution in [2.45, 2.75) is 19.0 Å². The lowest BCUT2D eigenvalue weighted by Crippen LogP contribution is -2.41. The first kappa shape index (κ1) is 17.7. The highest BCUT2D eigenvalue weighted by Gasteiger charge is 2.16. The number of fused-ring (bicyclic) bond motifs is 1. The number of rotatable bonds is 6. The van der Waals surface area contributed by atoms with Crippen LogP contribution in [0.15, 0.2) is 54.7 Å². The van der Waals surface area contributed by atoms with Crippen LogP contribution in [0.4, 0.5) is 0 Å². The molecule has 0 aliphatic carbocycles. The average molecular weight is 351 g/mol. The second kappa shape index (κ2) is 7.84. The van der Waals surface area contributed by atoms with Gasteiger partial charge in [0.1, 0.15) is 0 Å². The number of para-hydroxylation sites is 1. The van der Waals surface area contributed by atoms with Gasteiger partial charge < -0.3 is 20.8 Å². The largest absolute Gasteiger partial charge is 0.465 e. The molecule has 0 aliphatic rings. The van der Waals surface area contributed by atoms with Crippen molar-refractivity contribution in [3.05, 3.63) is 71.4 Å². The van der Waals surface area contributed by atoms with E-state index in [1.54, 1.807) is 24.3 Å². The van der Waals surface area contributed by atoms with Crippen molar-refractivity contribution in [1.29, 1.82) is 0 Å². The van der Waals surface area contributed by atoms with Crippen LogP contribution in [0.3, 0.4) is 0 Å². The molecule has 0 bridgehead atoms. The standard InChI is InChI=1S/C20H21N3O3/c1-26-20(25)14-8-6-13(7-9-14)11-23-19(24)17(21)10-15-12-22-18-5-3-2-4-16(15)18/h2-9,12,17,22H,10-11,21H2,1H3,(H,23,24)/t17-/m0/s1. The van der Waals surface area contributed by atoms with Gasteiger partial charge in [-0.25, -0.2) is 4.79 Å². The molecule has 2 aromatic carbocycles. The normalized spacial score (nSPS) is 11.9. The molecule has 134 valence electrons. The van der Waals surface area contributed by atoms with Gasteiger partial charge in [-0.3, -0.25) is 4.79 Å². The molecule has 1 aromatic heterocycles. The van der Waals surface area contributed by atoms with Crippen molar-refractivity contribution in [3.8, 4) is 0 Å². The fraction of sp³-hybridized carbons (Fsp3) is 0.200. The average Bonchev–Trinajstić information content (AvgIpc) is 3.08. The molecule has 6 nitrogen and oxygen atoms in total. The highest BCUT2D eigenvalue weighted by molar-refractivity contribution is 5.89. The Labute approximate surface area is 151 Å². The molecule has 0 unspecified atom stereocenters. The molecule has 6 heteroatoms. The van der Waals surface area contributed by atoms with Crippen molar-refractivity contribution < 1.29 is 14.3 Å². The molecule has 3 aromatic rings. The number of nitrogens with one attached hydrogen (secondary N) is 2. The van der Waals surface area contributed by atoms with Gasteiger partial charge in [0.2, 0.25) is 5.91 Å². The minimum atomic E-state index is -0.636. The van der Waals surface area contributed by atoms with Crippen LogP contribution in [0.2, 0.25) is 0 Å². The fourth-order valence-corrected chi connectivity index (χ4v) is 2.83. The summed E-state index contributed by atoms with van der Waals surface area (Å²) in [7, 11) is 1.34. The Kier molecular flexibility index (Phi) is 5.34. The van der Waals surface area contributed by atoms with Gasteiger partial charge in [-0.15, -0.1) is 0 Å². The number of carbonyl (C=O) groups is 2. The van der Waals surface area contributed by atoms with E-state index in [9.17, 15) is 9.59 Å². The van der Waals surface area contributed by atoms with Gasteiger partial charge >= 0.3 is 5.97 Å². The Morgan fingerprint density at radius 3 is 2.62 bits per heavy atom. The summed E-state index contributed by atoms with van der Waals surface area (Å²) in [6.07, 6.45) is 2.35. The van der Waals surface area contributed by atoms with Crippen LogP contribution in [-0.4, -0.2) is 30.0 Å². The summed E-state index contributed by atoms with van der Waals surface area (Å²) in [5.74, 6) is -0.603. The molecule has 0 aliphatic heterocycles. The van der Waals surface area contributed by atoms with E-state index >= 15 is 0 Å². The van der Waals surface area contributed by atoms with Crippen LogP contribution in [0.5, 0.6) is 0 Å². The van der Waals surface area contributed by atoms with Gasteiger partial charge in [-0.05, 0) is 35.7 Å². The number of nitrogens with two attached hydrogens (primary N) is 1. The van der Waals surface area contributed by atoms with Crippen LogP contribution in [-0.2, 0) is 22.5 Å².